The number of carbonyl (C=O) groups excluding carboxylic acids is 4. The molecule has 1 aromatic heterocycles. The Hall–Kier alpha value is -6.24. The molecular formula is C58H78N8O13S. The first-order valence-corrected chi connectivity index (χ1v) is 28.2. The predicted octanol–water partition coefficient (Wildman–Crippen LogP) is 5.12. The quantitative estimate of drug-likeness (QED) is 0.0468. The number of nitrogens with zero attached hydrogens (tertiary/aromatic N) is 6. The molecule has 0 aliphatic carbocycles. The van der Waals surface area contributed by atoms with E-state index < -0.39 is 0 Å². The highest BCUT2D eigenvalue weighted by Crippen LogP contribution is 2.38. The lowest BCUT2D eigenvalue weighted by atomic mass is 10.1. The highest BCUT2D eigenvalue weighted by atomic mass is 32.2. The van der Waals surface area contributed by atoms with Crippen LogP contribution < -0.4 is 24.8 Å². The number of aliphatic imine (C=N–C) groups is 2. The standard InChI is InChI=1S/C58H78N8O13S/c1-7-39-21-45-29-61-50-27-52(41(33-67)23-48(50)56(71)65(45)31-39)78-35-43-25-47(26-44(63-43)36-79-53-28-51-49(24-42(53)34-68)57(72)66-32-40(8-2)22-46(66)30-62-51)77-14-11-64(6)38-58(3,4)80-37-55(70)60-10-13-74-16-18-76-20-19-75-17-15-73-12-9-54(69)59-5/h7-8,23-30,45-46,67-68H,9-22,31-38H2,1-6H3,(H,59,69)(H,60,70)/b39-7+,40-8+/t45-,46-/m0/s1. The number of thioether (sulfide) groups is 1. The Balaban J connectivity index is 0.913. The van der Waals surface area contributed by atoms with Crippen LogP contribution in [0.1, 0.15) is 90.2 Å². The highest BCUT2D eigenvalue weighted by Gasteiger charge is 2.36. The van der Waals surface area contributed by atoms with Crippen LogP contribution in [0.3, 0.4) is 0 Å². The Morgan fingerprint density at radius 3 is 1.70 bits per heavy atom. The third kappa shape index (κ3) is 17.6. The van der Waals surface area contributed by atoms with Crippen molar-refractivity contribution in [1.82, 2.24) is 30.3 Å². The maximum atomic E-state index is 13.7. The topological polar surface area (TPSA) is 245 Å². The zero-order valence-corrected chi connectivity index (χ0v) is 47.8. The molecule has 5 heterocycles. The number of ether oxygens (including phenoxy) is 7. The van der Waals surface area contributed by atoms with Crippen molar-refractivity contribution in [3.8, 4) is 17.2 Å². The van der Waals surface area contributed by atoms with Crippen LogP contribution in [-0.4, -0.2) is 195 Å². The zero-order chi connectivity index (χ0) is 57.0. The molecule has 21 nitrogen and oxygen atoms in total. The minimum absolute atomic E-state index is 0.0305. The maximum absolute atomic E-state index is 13.7. The van der Waals surface area contributed by atoms with Gasteiger partial charge in [0.15, 0.2) is 0 Å². The minimum Gasteiger partial charge on any atom is -0.492 e. The molecule has 4 N–H and O–H groups in total. The number of carbonyl (C=O) groups is 4. The summed E-state index contributed by atoms with van der Waals surface area (Å²) in [5.41, 5.74) is 5.90. The number of allylic oxidation sites excluding steroid dienone is 2. The number of fused-ring (bicyclic) bond motifs is 4. The van der Waals surface area contributed by atoms with Crippen molar-refractivity contribution in [2.24, 2.45) is 9.98 Å². The number of hydrogen-bond donors (Lipinski definition) is 4. The van der Waals surface area contributed by atoms with Crippen LogP contribution in [-0.2, 0) is 55.0 Å². The Labute approximate surface area is 473 Å². The van der Waals surface area contributed by atoms with Crippen LogP contribution in [0.4, 0.5) is 11.4 Å². The molecule has 434 valence electrons. The van der Waals surface area contributed by atoms with Gasteiger partial charge in [0, 0.05) is 98.8 Å². The molecule has 3 aromatic rings. The van der Waals surface area contributed by atoms with E-state index in [1.54, 1.807) is 77.4 Å². The van der Waals surface area contributed by atoms with Gasteiger partial charge in [0.25, 0.3) is 11.8 Å². The molecule has 80 heavy (non-hydrogen) atoms. The molecule has 22 heteroatoms. The summed E-state index contributed by atoms with van der Waals surface area (Å²) in [5, 5.41) is 26.5. The molecule has 2 fully saturated rings. The fraction of sp³-hybridized carbons (Fsp3) is 0.534. The van der Waals surface area contributed by atoms with Gasteiger partial charge in [-0.15, -0.1) is 11.8 Å². The van der Waals surface area contributed by atoms with Gasteiger partial charge in [-0.1, -0.05) is 23.3 Å². The first-order chi connectivity index (χ1) is 38.7. The number of rotatable bonds is 32. The average Bonchev–Trinajstić information content (AvgIpc) is 4.07. The molecule has 0 spiro atoms. The van der Waals surface area contributed by atoms with Crippen molar-refractivity contribution < 1.29 is 62.5 Å². The lowest BCUT2D eigenvalue weighted by Gasteiger charge is -2.29. The second-order valence-electron chi connectivity index (χ2n) is 20.3. The molecule has 4 aliphatic rings. The second kappa shape index (κ2) is 30.5. The molecule has 0 saturated carbocycles. The number of likely N-dealkylation sites (N-methyl/N-ethyl adjacent to an activating group) is 1. The van der Waals surface area contributed by atoms with Crippen LogP contribution >= 0.6 is 11.8 Å². The van der Waals surface area contributed by atoms with E-state index in [0.717, 1.165) is 12.8 Å². The molecule has 0 unspecified atom stereocenters. The van der Waals surface area contributed by atoms with Crippen molar-refractivity contribution in [1.29, 1.82) is 0 Å². The van der Waals surface area contributed by atoms with Gasteiger partial charge in [0.1, 0.15) is 37.1 Å². The number of benzene rings is 2. The number of pyridine rings is 1. The minimum atomic E-state index is -0.372. The third-order valence-electron chi connectivity index (χ3n) is 13.8. The zero-order valence-electron chi connectivity index (χ0n) is 47.0. The normalized spacial score (nSPS) is 17.6. The Bertz CT molecular complexity index is 2620. The van der Waals surface area contributed by atoms with E-state index in [4.69, 9.17) is 48.1 Å². The first kappa shape index (κ1) is 61.4. The van der Waals surface area contributed by atoms with E-state index in [1.165, 1.54) is 11.1 Å². The Morgan fingerprint density at radius 2 is 1.21 bits per heavy atom. The van der Waals surface area contributed by atoms with Gasteiger partial charge in [-0.05, 0) is 59.7 Å². The Kier molecular flexibility index (Phi) is 23.4. The summed E-state index contributed by atoms with van der Waals surface area (Å²) < 4.78 is 40.7. The largest absolute Gasteiger partial charge is 0.492 e. The summed E-state index contributed by atoms with van der Waals surface area (Å²) in [4.78, 5) is 71.4. The number of hydrogen-bond acceptors (Lipinski definition) is 18. The molecule has 4 amide bonds. The van der Waals surface area contributed by atoms with E-state index in [9.17, 15) is 29.4 Å². The smallest absolute Gasteiger partial charge is 0.256 e. The van der Waals surface area contributed by atoms with E-state index in [0.29, 0.717) is 161 Å². The van der Waals surface area contributed by atoms with Crippen LogP contribution in [0.5, 0.6) is 17.2 Å². The fourth-order valence-electron chi connectivity index (χ4n) is 9.50. The number of aromatic nitrogens is 1. The number of amides is 4. The van der Waals surface area contributed by atoms with Gasteiger partial charge < -0.3 is 68.7 Å². The van der Waals surface area contributed by atoms with E-state index >= 15 is 0 Å². The van der Waals surface area contributed by atoms with Crippen molar-refractivity contribution in [2.45, 2.75) is 90.2 Å². The molecule has 2 atom stereocenters. The van der Waals surface area contributed by atoms with Gasteiger partial charge in [0.05, 0.1) is 118 Å². The van der Waals surface area contributed by atoms with Crippen LogP contribution in [0.2, 0.25) is 0 Å². The number of aliphatic hydroxyl groups is 2. The number of aliphatic hydroxyl groups excluding tert-OH is 2. The molecule has 2 saturated heterocycles. The lowest BCUT2D eigenvalue weighted by molar-refractivity contribution is -0.122. The van der Waals surface area contributed by atoms with Crippen LogP contribution in [0.25, 0.3) is 0 Å². The molecule has 4 aliphatic heterocycles. The summed E-state index contributed by atoms with van der Waals surface area (Å²) in [5.74, 6) is 1.06. The summed E-state index contributed by atoms with van der Waals surface area (Å²) in [7, 11) is 3.59. The van der Waals surface area contributed by atoms with E-state index in [1.807, 2.05) is 33.0 Å². The van der Waals surface area contributed by atoms with Crippen molar-refractivity contribution in [3.63, 3.8) is 0 Å². The van der Waals surface area contributed by atoms with Gasteiger partial charge in [-0.2, -0.15) is 0 Å². The average molecular weight is 1130 g/mol. The predicted molar refractivity (Wildman–Crippen MR) is 305 cm³/mol. The van der Waals surface area contributed by atoms with Crippen LogP contribution in [0.15, 0.2) is 69.7 Å². The van der Waals surface area contributed by atoms with Gasteiger partial charge in [0.2, 0.25) is 11.8 Å². The number of nitrogens with one attached hydrogen (secondary N) is 2. The summed E-state index contributed by atoms with van der Waals surface area (Å²) in [6, 6.07) is 9.92. The highest BCUT2D eigenvalue weighted by molar-refractivity contribution is 8.01. The Morgan fingerprint density at radius 1 is 0.713 bits per heavy atom. The second-order valence-corrected chi connectivity index (χ2v) is 22.0. The fourth-order valence-corrected chi connectivity index (χ4v) is 10.4. The van der Waals surface area contributed by atoms with Crippen molar-refractivity contribution in [3.05, 3.63) is 93.3 Å². The third-order valence-corrected chi connectivity index (χ3v) is 15.2. The molecule has 0 bridgehead atoms. The molecule has 0 radical (unpaired) electrons. The van der Waals surface area contributed by atoms with Crippen molar-refractivity contribution in [2.75, 3.05) is 112 Å². The van der Waals surface area contributed by atoms with E-state index in [2.05, 4.69) is 29.4 Å². The first-order valence-electron chi connectivity index (χ1n) is 27.2. The van der Waals surface area contributed by atoms with Crippen molar-refractivity contribution >= 4 is 59.2 Å². The molecular weight excluding hydrogens is 1050 g/mol. The summed E-state index contributed by atoms with van der Waals surface area (Å²) in [6.07, 6.45) is 9.43. The summed E-state index contributed by atoms with van der Waals surface area (Å²) >= 11 is 1.56. The molecule has 7 rings (SSSR count). The molecule has 2 aromatic carbocycles. The monoisotopic (exact) mass is 1130 g/mol. The van der Waals surface area contributed by atoms with E-state index in [-0.39, 0.29) is 72.6 Å². The maximum Gasteiger partial charge on any atom is 0.256 e. The van der Waals surface area contributed by atoms with Gasteiger partial charge >= 0.3 is 0 Å². The SMILES string of the molecule is C/C=C1\C[C@H]2C=Nc3cc(OCc4cc(OCCN(C)CC(C)(C)SCC(=O)NCCOCCOCCOCCOCCC(=O)NC)cc(COc5cc6c(cc5CO)C(=O)N5C/C(=C/C)C[C@H]5C=N6)n4)c(CO)cc3C(=O)N2C1. The van der Waals surface area contributed by atoms with Crippen LogP contribution in [0, 0.1) is 0 Å². The summed E-state index contributed by atoms with van der Waals surface area (Å²) in [6.45, 7) is 13.5. The lowest BCUT2D eigenvalue weighted by Crippen LogP contribution is -2.38. The van der Waals surface area contributed by atoms with Gasteiger partial charge in [-0.3, -0.25) is 34.1 Å². The van der Waals surface area contributed by atoms with Gasteiger partial charge in [-0.25, -0.2) is 0 Å².